The number of nitrogens with zero attached hydrogens (tertiary/aromatic N) is 1. The molecule has 5 nitrogen and oxygen atoms in total. The van der Waals surface area contributed by atoms with E-state index in [0.717, 1.165) is 12.5 Å². The fourth-order valence-electron chi connectivity index (χ4n) is 2.22. The van der Waals surface area contributed by atoms with Crippen LogP contribution in [0.5, 0.6) is 0 Å². The number of carbonyl (C=O) groups is 1. The lowest BCUT2D eigenvalue weighted by Gasteiger charge is -2.25. The molecule has 1 aromatic carbocycles. The average Bonchev–Trinajstić information content (AvgIpc) is 2.53. The summed E-state index contributed by atoms with van der Waals surface area (Å²) in [5, 5.41) is 9.04. The van der Waals surface area contributed by atoms with Crippen LogP contribution in [-0.2, 0) is 4.74 Å². The van der Waals surface area contributed by atoms with Gasteiger partial charge in [0.15, 0.2) is 0 Å². The highest BCUT2D eigenvalue weighted by Crippen LogP contribution is 2.27. The van der Waals surface area contributed by atoms with Crippen LogP contribution in [0.25, 0.3) is 0 Å². The van der Waals surface area contributed by atoms with Crippen LogP contribution in [0.3, 0.4) is 0 Å². The quantitative estimate of drug-likeness (QED) is 0.799. The third kappa shape index (κ3) is 2.96. The molecule has 0 saturated carbocycles. The molecule has 3 N–H and O–H groups in total. The van der Waals surface area contributed by atoms with Crippen molar-refractivity contribution in [3.8, 4) is 0 Å². The van der Waals surface area contributed by atoms with Crippen molar-refractivity contribution in [3.05, 3.63) is 23.5 Å². The normalized spacial score (nSPS) is 20.1. The summed E-state index contributed by atoms with van der Waals surface area (Å²) in [6.07, 6.45) is 0.754. The molecule has 1 unspecified atom stereocenters. The van der Waals surface area contributed by atoms with Gasteiger partial charge in [0, 0.05) is 25.4 Å². The number of ether oxygens (including phenoxy) is 1. The maximum atomic E-state index is 14.0. The van der Waals surface area contributed by atoms with Gasteiger partial charge in [0.25, 0.3) is 0 Å². The number of benzene rings is 1. The van der Waals surface area contributed by atoms with E-state index in [4.69, 9.17) is 15.6 Å². The molecule has 0 aliphatic carbocycles. The molecule has 6 heteroatoms. The van der Waals surface area contributed by atoms with E-state index in [1.165, 1.54) is 6.07 Å². The maximum absolute atomic E-state index is 14.0. The van der Waals surface area contributed by atoms with Crippen molar-refractivity contribution in [2.45, 2.75) is 19.4 Å². The molecule has 104 valence electrons. The van der Waals surface area contributed by atoms with Crippen LogP contribution in [0.1, 0.15) is 23.7 Å². The summed E-state index contributed by atoms with van der Waals surface area (Å²) in [5.41, 5.74) is 5.65. The lowest BCUT2D eigenvalue weighted by atomic mass is 10.1. The van der Waals surface area contributed by atoms with Gasteiger partial charge in [-0.05, 0) is 25.5 Å². The highest BCUT2D eigenvalue weighted by atomic mass is 19.1. The minimum absolute atomic E-state index is 0.0206. The Kier molecular flexibility index (Phi) is 3.90. The third-order valence-electron chi connectivity index (χ3n) is 3.14. The summed E-state index contributed by atoms with van der Waals surface area (Å²) in [7, 11) is 0. The van der Waals surface area contributed by atoms with E-state index in [0.29, 0.717) is 19.7 Å². The lowest BCUT2D eigenvalue weighted by molar-refractivity contribution is 0.0698. The van der Waals surface area contributed by atoms with Crippen LogP contribution in [0.4, 0.5) is 15.8 Å². The van der Waals surface area contributed by atoms with Crippen LogP contribution >= 0.6 is 0 Å². The van der Waals surface area contributed by atoms with Gasteiger partial charge in [0.1, 0.15) is 5.82 Å². The number of hydrogen-bond donors (Lipinski definition) is 2. The van der Waals surface area contributed by atoms with Crippen LogP contribution in [0.2, 0.25) is 0 Å². The molecule has 0 amide bonds. The predicted molar refractivity (Wildman–Crippen MR) is 70.0 cm³/mol. The molecule has 1 aliphatic rings. The molecule has 1 atom stereocenters. The van der Waals surface area contributed by atoms with E-state index in [-0.39, 0.29) is 23.0 Å². The summed E-state index contributed by atoms with van der Waals surface area (Å²) in [6, 6.07) is 2.36. The van der Waals surface area contributed by atoms with E-state index in [1.54, 1.807) is 4.90 Å². The summed E-state index contributed by atoms with van der Waals surface area (Å²) >= 11 is 0. The number of halogens is 1. The smallest absolute Gasteiger partial charge is 0.337 e. The highest BCUT2D eigenvalue weighted by molar-refractivity contribution is 5.95. The van der Waals surface area contributed by atoms with Gasteiger partial charge in [-0.3, -0.25) is 0 Å². The molecule has 0 bridgehead atoms. The molecule has 1 heterocycles. The fraction of sp³-hybridized carbons (Fsp3) is 0.462. The number of nitrogen functional groups attached to an aromatic ring is 1. The van der Waals surface area contributed by atoms with Crippen LogP contribution in [-0.4, -0.2) is 36.9 Å². The van der Waals surface area contributed by atoms with Gasteiger partial charge >= 0.3 is 5.97 Å². The van der Waals surface area contributed by atoms with E-state index in [9.17, 15) is 9.18 Å². The number of anilines is 2. The van der Waals surface area contributed by atoms with Crippen molar-refractivity contribution in [1.82, 2.24) is 0 Å². The lowest BCUT2D eigenvalue weighted by Crippen LogP contribution is -2.31. The van der Waals surface area contributed by atoms with Gasteiger partial charge in [-0.25, -0.2) is 9.18 Å². The van der Waals surface area contributed by atoms with E-state index in [2.05, 4.69) is 0 Å². The predicted octanol–water partition coefficient (Wildman–Crippen LogP) is 1.72. The summed E-state index contributed by atoms with van der Waals surface area (Å²) in [5.74, 6) is -1.66. The number of carboxylic acids is 1. The van der Waals surface area contributed by atoms with Crippen molar-refractivity contribution in [3.63, 3.8) is 0 Å². The number of rotatable bonds is 2. The second-order valence-corrected chi connectivity index (χ2v) is 4.68. The first kappa shape index (κ1) is 13.6. The van der Waals surface area contributed by atoms with Crippen LogP contribution in [0.15, 0.2) is 12.1 Å². The van der Waals surface area contributed by atoms with Crippen LogP contribution in [0, 0.1) is 5.82 Å². The number of aromatic carboxylic acids is 1. The number of hydrogen-bond acceptors (Lipinski definition) is 4. The van der Waals surface area contributed by atoms with Gasteiger partial charge in [-0.1, -0.05) is 0 Å². The summed E-state index contributed by atoms with van der Waals surface area (Å²) in [6.45, 7) is 3.69. The fourth-order valence-corrected chi connectivity index (χ4v) is 2.22. The molecule has 1 aromatic rings. The molecular weight excluding hydrogens is 251 g/mol. The highest BCUT2D eigenvalue weighted by Gasteiger charge is 2.21. The third-order valence-corrected chi connectivity index (χ3v) is 3.14. The molecule has 0 aromatic heterocycles. The first-order valence-electron chi connectivity index (χ1n) is 6.18. The Bertz CT molecular complexity index is 493. The molecule has 0 radical (unpaired) electrons. The summed E-state index contributed by atoms with van der Waals surface area (Å²) in [4.78, 5) is 12.9. The van der Waals surface area contributed by atoms with E-state index in [1.807, 2.05) is 6.92 Å². The van der Waals surface area contributed by atoms with Crippen molar-refractivity contribution in [1.29, 1.82) is 0 Å². The van der Waals surface area contributed by atoms with Crippen LogP contribution < -0.4 is 10.6 Å². The zero-order chi connectivity index (χ0) is 14.0. The minimum atomic E-state index is -1.15. The van der Waals surface area contributed by atoms with Gasteiger partial charge < -0.3 is 20.5 Å². The average molecular weight is 268 g/mol. The largest absolute Gasteiger partial charge is 0.478 e. The molecule has 0 spiro atoms. The molecule has 19 heavy (non-hydrogen) atoms. The van der Waals surface area contributed by atoms with Gasteiger partial charge in [-0.2, -0.15) is 0 Å². The first-order valence-corrected chi connectivity index (χ1v) is 6.18. The topological polar surface area (TPSA) is 75.8 Å². The Labute approximate surface area is 110 Å². The second-order valence-electron chi connectivity index (χ2n) is 4.68. The van der Waals surface area contributed by atoms with Crippen molar-refractivity contribution in [2.24, 2.45) is 0 Å². The molecule has 1 saturated heterocycles. The SMILES string of the molecule is CC1CN(c2cc(C(=O)O)c(N)cc2F)CCCO1. The maximum Gasteiger partial charge on any atom is 0.337 e. The Morgan fingerprint density at radius 2 is 2.32 bits per heavy atom. The number of carboxylic acid groups (broad SMARTS) is 1. The monoisotopic (exact) mass is 268 g/mol. The second kappa shape index (κ2) is 5.44. The zero-order valence-corrected chi connectivity index (χ0v) is 10.7. The molecule has 1 aliphatic heterocycles. The van der Waals surface area contributed by atoms with Crippen molar-refractivity contribution >= 4 is 17.3 Å². The Balaban J connectivity index is 2.37. The molecule has 1 fully saturated rings. The number of nitrogens with two attached hydrogens (primary N) is 1. The minimum Gasteiger partial charge on any atom is -0.478 e. The Morgan fingerprint density at radius 1 is 1.58 bits per heavy atom. The van der Waals surface area contributed by atoms with Gasteiger partial charge in [0.2, 0.25) is 0 Å². The Morgan fingerprint density at radius 3 is 3.00 bits per heavy atom. The van der Waals surface area contributed by atoms with Crippen molar-refractivity contribution < 1.29 is 19.0 Å². The van der Waals surface area contributed by atoms with Gasteiger partial charge in [0.05, 0.1) is 17.4 Å². The summed E-state index contributed by atoms with van der Waals surface area (Å²) < 4.78 is 19.5. The van der Waals surface area contributed by atoms with E-state index >= 15 is 0 Å². The van der Waals surface area contributed by atoms with Gasteiger partial charge in [-0.15, -0.1) is 0 Å². The molecular formula is C13H17FN2O3. The first-order chi connectivity index (χ1) is 8.99. The van der Waals surface area contributed by atoms with Crippen molar-refractivity contribution in [2.75, 3.05) is 30.3 Å². The zero-order valence-electron chi connectivity index (χ0n) is 10.7. The standard InChI is InChI=1S/C13H17FN2O3/c1-8-7-16(3-2-4-19-8)12-5-9(13(17)18)11(15)6-10(12)14/h5-6,8H,2-4,7,15H2,1H3,(H,17,18). The Hall–Kier alpha value is -1.82. The van der Waals surface area contributed by atoms with E-state index < -0.39 is 11.8 Å². The molecule has 2 rings (SSSR count).